The molecule has 17 heavy (non-hydrogen) atoms. The standard InChI is InChI=1S/C11H13BN2O3/c1-14-7-6-10(13-14)8-17-11-4-2-9(3-5-11)12(15)16/h2-7,15-16H,8H2,1H3. The van der Waals surface area contributed by atoms with Crippen LogP contribution in [-0.2, 0) is 13.7 Å². The van der Waals surface area contributed by atoms with Crippen molar-refractivity contribution in [2.75, 3.05) is 0 Å². The molecule has 2 N–H and O–H groups in total. The third-order valence-electron chi connectivity index (χ3n) is 2.33. The van der Waals surface area contributed by atoms with Gasteiger partial charge in [-0.25, -0.2) is 0 Å². The maximum Gasteiger partial charge on any atom is 0.488 e. The molecular formula is C11H13BN2O3. The molecule has 0 bridgehead atoms. The van der Waals surface area contributed by atoms with Crippen LogP contribution in [0.15, 0.2) is 36.5 Å². The van der Waals surface area contributed by atoms with Crippen molar-refractivity contribution in [2.24, 2.45) is 7.05 Å². The minimum Gasteiger partial charge on any atom is -0.487 e. The lowest BCUT2D eigenvalue weighted by Crippen LogP contribution is -2.29. The molecule has 2 rings (SSSR count). The first-order chi connectivity index (χ1) is 8.15. The van der Waals surface area contributed by atoms with Crippen LogP contribution in [0.1, 0.15) is 5.69 Å². The fourth-order valence-electron chi connectivity index (χ4n) is 1.43. The molecule has 0 saturated carbocycles. The molecule has 5 nitrogen and oxygen atoms in total. The average molecular weight is 232 g/mol. The molecule has 0 radical (unpaired) electrons. The van der Waals surface area contributed by atoms with Crippen molar-refractivity contribution < 1.29 is 14.8 Å². The Labute approximate surface area is 99.4 Å². The van der Waals surface area contributed by atoms with Crippen molar-refractivity contribution in [3.05, 3.63) is 42.2 Å². The second-order valence-electron chi connectivity index (χ2n) is 3.71. The molecule has 0 fully saturated rings. The highest BCUT2D eigenvalue weighted by Crippen LogP contribution is 2.10. The first kappa shape index (κ1) is 11.7. The van der Waals surface area contributed by atoms with E-state index in [1.165, 1.54) is 0 Å². The maximum atomic E-state index is 8.93. The minimum absolute atomic E-state index is 0.391. The van der Waals surface area contributed by atoms with Crippen molar-refractivity contribution >= 4 is 12.6 Å². The maximum absolute atomic E-state index is 8.93. The Morgan fingerprint density at radius 1 is 1.24 bits per heavy atom. The zero-order chi connectivity index (χ0) is 12.3. The van der Waals surface area contributed by atoms with E-state index in [0.717, 1.165) is 5.69 Å². The van der Waals surface area contributed by atoms with E-state index < -0.39 is 7.12 Å². The highest BCUT2D eigenvalue weighted by molar-refractivity contribution is 6.58. The Morgan fingerprint density at radius 2 is 1.94 bits per heavy atom. The van der Waals surface area contributed by atoms with E-state index in [9.17, 15) is 0 Å². The predicted molar refractivity (Wildman–Crippen MR) is 63.8 cm³/mol. The zero-order valence-corrected chi connectivity index (χ0v) is 9.45. The van der Waals surface area contributed by atoms with Gasteiger partial charge in [0, 0.05) is 13.2 Å². The van der Waals surface area contributed by atoms with Gasteiger partial charge in [0.15, 0.2) is 0 Å². The van der Waals surface area contributed by atoms with Crippen molar-refractivity contribution in [3.8, 4) is 5.75 Å². The fraction of sp³-hybridized carbons (Fsp3) is 0.182. The van der Waals surface area contributed by atoms with Crippen LogP contribution in [-0.4, -0.2) is 26.9 Å². The summed E-state index contributed by atoms with van der Waals surface area (Å²) in [6.07, 6.45) is 1.85. The lowest BCUT2D eigenvalue weighted by molar-refractivity contribution is 0.300. The van der Waals surface area contributed by atoms with Crippen LogP contribution in [0.4, 0.5) is 0 Å². The van der Waals surface area contributed by atoms with E-state index in [1.807, 2.05) is 19.3 Å². The van der Waals surface area contributed by atoms with Crippen LogP contribution in [0.3, 0.4) is 0 Å². The largest absolute Gasteiger partial charge is 0.488 e. The first-order valence-corrected chi connectivity index (χ1v) is 5.22. The van der Waals surface area contributed by atoms with Crippen LogP contribution >= 0.6 is 0 Å². The summed E-state index contributed by atoms with van der Waals surface area (Å²) in [5, 5.41) is 22.0. The number of benzene rings is 1. The highest BCUT2D eigenvalue weighted by Gasteiger charge is 2.09. The van der Waals surface area contributed by atoms with E-state index in [0.29, 0.717) is 17.8 Å². The third-order valence-corrected chi connectivity index (χ3v) is 2.33. The van der Waals surface area contributed by atoms with Gasteiger partial charge in [-0.2, -0.15) is 5.10 Å². The summed E-state index contributed by atoms with van der Waals surface area (Å²) in [4.78, 5) is 0. The number of aryl methyl sites for hydroxylation is 1. The molecule has 0 aliphatic rings. The lowest BCUT2D eigenvalue weighted by atomic mass is 9.80. The number of aromatic nitrogens is 2. The Balaban J connectivity index is 1.95. The van der Waals surface area contributed by atoms with Gasteiger partial charge in [0.2, 0.25) is 0 Å². The summed E-state index contributed by atoms with van der Waals surface area (Å²) in [6.45, 7) is 0.391. The van der Waals surface area contributed by atoms with E-state index in [4.69, 9.17) is 14.8 Å². The summed E-state index contributed by atoms with van der Waals surface area (Å²) in [6, 6.07) is 8.48. The van der Waals surface area contributed by atoms with Crippen molar-refractivity contribution in [1.82, 2.24) is 9.78 Å². The highest BCUT2D eigenvalue weighted by atomic mass is 16.5. The monoisotopic (exact) mass is 232 g/mol. The molecule has 1 heterocycles. The second kappa shape index (κ2) is 5.03. The van der Waals surface area contributed by atoms with E-state index in [1.54, 1.807) is 28.9 Å². The summed E-state index contributed by atoms with van der Waals surface area (Å²) >= 11 is 0. The van der Waals surface area contributed by atoms with Crippen LogP contribution in [0.2, 0.25) is 0 Å². The normalized spacial score (nSPS) is 10.3. The molecule has 0 aliphatic carbocycles. The number of hydrogen-bond acceptors (Lipinski definition) is 4. The van der Waals surface area contributed by atoms with Gasteiger partial charge in [-0.1, -0.05) is 12.1 Å². The average Bonchev–Trinajstić information content (AvgIpc) is 2.73. The molecular weight excluding hydrogens is 219 g/mol. The van der Waals surface area contributed by atoms with Crippen LogP contribution < -0.4 is 10.2 Å². The van der Waals surface area contributed by atoms with Crippen molar-refractivity contribution in [1.29, 1.82) is 0 Å². The van der Waals surface area contributed by atoms with Crippen LogP contribution in [0, 0.1) is 0 Å². The molecule has 6 heteroatoms. The molecule has 0 unspecified atom stereocenters. The summed E-state index contributed by atoms with van der Waals surface area (Å²) in [7, 11) is 0.404. The molecule has 0 amide bonds. The van der Waals surface area contributed by atoms with Gasteiger partial charge in [0.1, 0.15) is 12.4 Å². The number of rotatable bonds is 4. The SMILES string of the molecule is Cn1ccc(COc2ccc(B(O)O)cc2)n1. The summed E-state index contributed by atoms with van der Waals surface area (Å²) in [5.74, 6) is 0.667. The second-order valence-corrected chi connectivity index (χ2v) is 3.71. The van der Waals surface area contributed by atoms with Crippen molar-refractivity contribution in [2.45, 2.75) is 6.61 Å². The van der Waals surface area contributed by atoms with Gasteiger partial charge >= 0.3 is 7.12 Å². The molecule has 0 saturated heterocycles. The molecule has 0 atom stereocenters. The smallest absolute Gasteiger partial charge is 0.487 e. The summed E-state index contributed by atoms with van der Waals surface area (Å²) in [5.41, 5.74) is 1.29. The van der Waals surface area contributed by atoms with Gasteiger partial charge in [-0.05, 0) is 23.7 Å². The first-order valence-electron chi connectivity index (χ1n) is 5.22. The number of hydrogen-bond donors (Lipinski definition) is 2. The van der Waals surface area contributed by atoms with E-state index in [2.05, 4.69) is 5.10 Å². The topological polar surface area (TPSA) is 67.5 Å². The Bertz CT molecular complexity index is 482. The molecule has 2 aromatic rings. The Morgan fingerprint density at radius 3 is 2.47 bits per heavy atom. The molecule has 1 aromatic carbocycles. The summed E-state index contributed by atoms with van der Waals surface area (Å²) < 4.78 is 7.21. The number of nitrogens with zero attached hydrogens (tertiary/aromatic N) is 2. The lowest BCUT2D eigenvalue weighted by Gasteiger charge is -2.05. The predicted octanol–water partition coefficient (Wildman–Crippen LogP) is -0.321. The third kappa shape index (κ3) is 3.09. The zero-order valence-electron chi connectivity index (χ0n) is 9.45. The molecule has 0 spiro atoms. The Kier molecular flexibility index (Phi) is 3.46. The van der Waals surface area contributed by atoms with Crippen molar-refractivity contribution in [3.63, 3.8) is 0 Å². The van der Waals surface area contributed by atoms with Gasteiger partial charge in [-0.3, -0.25) is 4.68 Å². The van der Waals surface area contributed by atoms with Gasteiger partial charge in [0.25, 0.3) is 0 Å². The van der Waals surface area contributed by atoms with Crippen LogP contribution in [0.5, 0.6) is 5.75 Å². The molecule has 1 aromatic heterocycles. The quantitative estimate of drug-likeness (QED) is 0.709. The van der Waals surface area contributed by atoms with E-state index in [-0.39, 0.29) is 0 Å². The van der Waals surface area contributed by atoms with Gasteiger partial charge < -0.3 is 14.8 Å². The molecule has 0 aliphatic heterocycles. The van der Waals surface area contributed by atoms with Gasteiger partial charge in [0.05, 0.1) is 5.69 Å². The van der Waals surface area contributed by atoms with E-state index >= 15 is 0 Å². The fourth-order valence-corrected chi connectivity index (χ4v) is 1.43. The van der Waals surface area contributed by atoms with Crippen LogP contribution in [0.25, 0.3) is 0 Å². The molecule has 88 valence electrons. The Hall–Kier alpha value is -1.79. The van der Waals surface area contributed by atoms with Gasteiger partial charge in [-0.15, -0.1) is 0 Å². The minimum atomic E-state index is -1.44. The number of ether oxygens (including phenoxy) is 1.